The fourth-order valence-electron chi connectivity index (χ4n) is 4.26. The van der Waals surface area contributed by atoms with Crippen molar-refractivity contribution >= 4 is 11.6 Å². The van der Waals surface area contributed by atoms with Gasteiger partial charge in [-0.3, -0.25) is 9.59 Å². The van der Waals surface area contributed by atoms with Crippen LogP contribution in [0.1, 0.15) is 38.7 Å². The number of carbonyl (C=O) groups excluding carboxylic acids is 2. The van der Waals surface area contributed by atoms with Gasteiger partial charge < -0.3 is 5.11 Å². The number of fused-ring (bicyclic) bond motifs is 1. The number of ketones is 2. The van der Waals surface area contributed by atoms with Crippen molar-refractivity contribution in [2.24, 2.45) is 11.3 Å². The first-order chi connectivity index (χ1) is 11.3. The number of phenols is 1. The molecule has 1 aromatic carbocycles. The molecule has 0 saturated heterocycles. The second kappa shape index (κ2) is 5.59. The third kappa shape index (κ3) is 2.11. The molecule has 3 rings (SSSR count). The summed E-state index contributed by atoms with van der Waals surface area (Å²) in [5.74, 6) is -0.309. The lowest BCUT2D eigenvalue weighted by Crippen LogP contribution is -2.50. The zero-order valence-electron chi connectivity index (χ0n) is 14.3. The minimum atomic E-state index is -0.823. The summed E-state index contributed by atoms with van der Waals surface area (Å²) >= 11 is 0. The number of hydrogen-bond donors (Lipinski definition) is 1. The molecule has 0 heterocycles. The Bertz CT molecular complexity index is 795. The standard InChI is InChI=1S/C21H22O3/c1-5-14-8-11-17-19(23)12(2)13(3)20(24)21(17,4)18(14)15-6-9-16(22)10-7-15/h5-10,17-18,22H,1,11H2,2-4H3. The maximum Gasteiger partial charge on any atom is 0.166 e. The number of benzene rings is 1. The minimum Gasteiger partial charge on any atom is -0.508 e. The highest BCUT2D eigenvalue weighted by molar-refractivity contribution is 6.15. The first kappa shape index (κ1) is 16.4. The van der Waals surface area contributed by atoms with Crippen molar-refractivity contribution in [2.75, 3.05) is 0 Å². The molecule has 1 aromatic rings. The Balaban J connectivity index is 2.24. The van der Waals surface area contributed by atoms with E-state index >= 15 is 0 Å². The quantitative estimate of drug-likeness (QED) is 0.892. The zero-order valence-corrected chi connectivity index (χ0v) is 14.3. The van der Waals surface area contributed by atoms with Crippen LogP contribution in [0.3, 0.4) is 0 Å². The molecule has 2 aliphatic rings. The molecule has 3 heteroatoms. The minimum absolute atomic E-state index is 0.0372. The smallest absolute Gasteiger partial charge is 0.166 e. The van der Waals surface area contributed by atoms with Crippen LogP contribution in [0.15, 0.2) is 59.7 Å². The molecule has 1 N–H and O–H groups in total. The normalized spacial score (nSPS) is 30.0. The van der Waals surface area contributed by atoms with E-state index in [1.54, 1.807) is 32.1 Å². The molecule has 0 aromatic heterocycles. The second-order valence-electron chi connectivity index (χ2n) is 6.95. The van der Waals surface area contributed by atoms with E-state index in [9.17, 15) is 14.7 Å². The average Bonchev–Trinajstić information content (AvgIpc) is 2.58. The van der Waals surface area contributed by atoms with Crippen LogP contribution >= 0.6 is 0 Å². The van der Waals surface area contributed by atoms with Crippen molar-refractivity contribution in [2.45, 2.75) is 33.1 Å². The van der Waals surface area contributed by atoms with Gasteiger partial charge in [-0.2, -0.15) is 0 Å². The van der Waals surface area contributed by atoms with Crippen molar-refractivity contribution in [3.05, 3.63) is 65.3 Å². The average molecular weight is 322 g/mol. The highest BCUT2D eigenvalue weighted by atomic mass is 16.3. The van der Waals surface area contributed by atoms with E-state index in [1.807, 2.05) is 25.1 Å². The molecule has 0 saturated carbocycles. The molecule has 2 aliphatic carbocycles. The largest absolute Gasteiger partial charge is 0.508 e. The van der Waals surface area contributed by atoms with Gasteiger partial charge in [0.15, 0.2) is 11.6 Å². The molecule has 0 radical (unpaired) electrons. The van der Waals surface area contributed by atoms with Crippen molar-refractivity contribution in [3.63, 3.8) is 0 Å². The summed E-state index contributed by atoms with van der Waals surface area (Å²) in [4.78, 5) is 26.1. The van der Waals surface area contributed by atoms with Gasteiger partial charge in [0.25, 0.3) is 0 Å². The molecule has 24 heavy (non-hydrogen) atoms. The molecule has 0 bridgehead atoms. The van der Waals surface area contributed by atoms with Crippen LogP contribution in [0.2, 0.25) is 0 Å². The Morgan fingerprint density at radius 1 is 1.17 bits per heavy atom. The molecule has 0 fully saturated rings. The van der Waals surface area contributed by atoms with Gasteiger partial charge in [0.05, 0.1) is 5.41 Å². The Hall–Kier alpha value is -2.42. The molecular weight excluding hydrogens is 300 g/mol. The van der Waals surface area contributed by atoms with Crippen LogP contribution in [0, 0.1) is 11.3 Å². The Morgan fingerprint density at radius 2 is 1.79 bits per heavy atom. The monoisotopic (exact) mass is 322 g/mol. The molecule has 0 amide bonds. The number of aromatic hydroxyl groups is 1. The first-order valence-electron chi connectivity index (χ1n) is 8.20. The van der Waals surface area contributed by atoms with Crippen molar-refractivity contribution in [1.82, 2.24) is 0 Å². The van der Waals surface area contributed by atoms with Crippen molar-refractivity contribution in [1.29, 1.82) is 0 Å². The highest BCUT2D eigenvalue weighted by Crippen LogP contribution is 2.55. The van der Waals surface area contributed by atoms with Gasteiger partial charge in [-0.15, -0.1) is 0 Å². The van der Waals surface area contributed by atoms with Crippen LogP contribution in [0.5, 0.6) is 5.75 Å². The zero-order chi connectivity index (χ0) is 17.6. The van der Waals surface area contributed by atoms with Crippen LogP contribution < -0.4 is 0 Å². The SMILES string of the molecule is C=CC1=CCC2C(=O)C(C)=C(C)C(=O)C2(C)C1c1ccc(O)cc1. The third-order valence-corrected chi connectivity index (χ3v) is 5.79. The fourth-order valence-corrected chi connectivity index (χ4v) is 4.26. The van der Waals surface area contributed by atoms with Crippen LogP contribution in [0.4, 0.5) is 0 Å². The number of allylic oxidation sites excluding steroid dienone is 5. The second-order valence-corrected chi connectivity index (χ2v) is 6.95. The third-order valence-electron chi connectivity index (χ3n) is 5.79. The summed E-state index contributed by atoms with van der Waals surface area (Å²) in [5, 5.41) is 9.58. The van der Waals surface area contributed by atoms with E-state index < -0.39 is 5.41 Å². The Kier molecular flexibility index (Phi) is 3.83. The number of phenolic OH excluding ortho intramolecular Hbond substituents is 1. The van der Waals surface area contributed by atoms with Crippen molar-refractivity contribution in [3.8, 4) is 5.75 Å². The number of hydrogen-bond acceptors (Lipinski definition) is 3. The fraction of sp³-hybridized carbons (Fsp3) is 0.333. The summed E-state index contributed by atoms with van der Waals surface area (Å²) in [6.07, 6.45) is 4.36. The van der Waals surface area contributed by atoms with E-state index in [4.69, 9.17) is 0 Å². The van der Waals surface area contributed by atoms with Gasteiger partial charge >= 0.3 is 0 Å². The lowest BCUT2D eigenvalue weighted by molar-refractivity contribution is -0.138. The molecular formula is C21H22O3. The maximum atomic E-state index is 13.2. The lowest BCUT2D eigenvalue weighted by atomic mass is 9.52. The predicted octanol–water partition coefficient (Wildman–Crippen LogP) is 4.10. The van der Waals surface area contributed by atoms with Gasteiger partial charge in [-0.25, -0.2) is 0 Å². The lowest BCUT2D eigenvalue weighted by Gasteiger charge is -2.48. The molecule has 0 spiro atoms. The summed E-state index contributed by atoms with van der Waals surface area (Å²) in [6, 6.07) is 6.88. The first-order valence-corrected chi connectivity index (χ1v) is 8.20. The van der Waals surface area contributed by atoms with Crippen LogP contribution in [-0.4, -0.2) is 16.7 Å². The highest BCUT2D eigenvalue weighted by Gasteiger charge is 2.56. The molecule has 0 aliphatic heterocycles. The Labute approximate surface area is 142 Å². The molecule has 3 atom stereocenters. The number of rotatable bonds is 2. The maximum absolute atomic E-state index is 13.2. The van der Waals surface area contributed by atoms with E-state index in [1.165, 1.54) is 0 Å². The topological polar surface area (TPSA) is 54.4 Å². The summed E-state index contributed by atoms with van der Waals surface area (Å²) in [5.41, 5.74) is 2.21. The van der Waals surface area contributed by atoms with E-state index in [0.717, 1.165) is 11.1 Å². The summed E-state index contributed by atoms with van der Waals surface area (Å²) in [7, 11) is 0. The molecule has 3 unspecified atom stereocenters. The molecule has 124 valence electrons. The van der Waals surface area contributed by atoms with Gasteiger partial charge in [0, 0.05) is 11.8 Å². The van der Waals surface area contributed by atoms with Crippen LogP contribution in [-0.2, 0) is 9.59 Å². The predicted molar refractivity (Wildman–Crippen MR) is 93.7 cm³/mol. The molecule has 3 nitrogen and oxygen atoms in total. The van der Waals surface area contributed by atoms with E-state index in [2.05, 4.69) is 6.58 Å². The van der Waals surface area contributed by atoms with Gasteiger partial charge in [-0.05, 0) is 54.7 Å². The Morgan fingerprint density at radius 3 is 2.38 bits per heavy atom. The number of Topliss-reactive ketones (excluding diaryl/α,β-unsaturated/α-hetero) is 2. The van der Waals surface area contributed by atoms with Gasteiger partial charge in [0.2, 0.25) is 0 Å². The van der Waals surface area contributed by atoms with Gasteiger partial charge in [-0.1, -0.05) is 37.8 Å². The summed E-state index contributed by atoms with van der Waals surface area (Å²) in [6.45, 7) is 9.30. The number of carbonyl (C=O) groups is 2. The van der Waals surface area contributed by atoms with Gasteiger partial charge in [0.1, 0.15) is 5.75 Å². The van der Waals surface area contributed by atoms with Crippen LogP contribution in [0.25, 0.3) is 0 Å². The van der Waals surface area contributed by atoms with E-state index in [0.29, 0.717) is 17.6 Å². The summed E-state index contributed by atoms with van der Waals surface area (Å²) < 4.78 is 0. The van der Waals surface area contributed by atoms with E-state index in [-0.39, 0.29) is 29.2 Å². The van der Waals surface area contributed by atoms with Crippen molar-refractivity contribution < 1.29 is 14.7 Å².